The third-order valence-corrected chi connectivity index (χ3v) is 4.65. The van der Waals surface area contributed by atoms with E-state index in [2.05, 4.69) is 10.6 Å². The Morgan fingerprint density at radius 1 is 1.20 bits per heavy atom. The molecule has 2 aromatic rings. The summed E-state index contributed by atoms with van der Waals surface area (Å²) in [4.78, 5) is 26.0. The molecule has 1 saturated heterocycles. The van der Waals surface area contributed by atoms with Gasteiger partial charge in [-0.3, -0.25) is 9.59 Å². The number of nitrogens with one attached hydrogen (secondary N) is 2. The van der Waals surface area contributed by atoms with E-state index in [1.54, 1.807) is 12.0 Å². The maximum atomic E-state index is 12.8. The number of fused-ring (bicyclic) bond motifs is 1. The van der Waals surface area contributed by atoms with Gasteiger partial charge in [-0.1, -0.05) is 12.1 Å². The zero-order valence-electron chi connectivity index (χ0n) is 13.9. The Balaban J connectivity index is 1.51. The molecule has 128 valence electrons. The van der Waals surface area contributed by atoms with Crippen LogP contribution in [-0.4, -0.2) is 31.5 Å². The summed E-state index contributed by atoms with van der Waals surface area (Å²) in [6, 6.07) is 13.0. The molecule has 0 spiro atoms. The minimum Gasteiger partial charge on any atom is -0.495 e. The van der Waals surface area contributed by atoms with E-state index in [1.165, 1.54) is 0 Å². The van der Waals surface area contributed by atoms with Gasteiger partial charge >= 0.3 is 0 Å². The van der Waals surface area contributed by atoms with Gasteiger partial charge in [-0.25, -0.2) is 0 Å². The number of para-hydroxylation sites is 2. The van der Waals surface area contributed by atoms with Crippen molar-refractivity contribution in [1.29, 1.82) is 0 Å². The van der Waals surface area contributed by atoms with Crippen molar-refractivity contribution in [2.45, 2.75) is 18.9 Å². The predicted octanol–water partition coefficient (Wildman–Crippen LogP) is 2.41. The third-order valence-electron chi connectivity index (χ3n) is 4.65. The fraction of sp³-hybridized carbons (Fsp3) is 0.263. The van der Waals surface area contributed by atoms with E-state index in [4.69, 9.17) is 4.74 Å². The largest absolute Gasteiger partial charge is 0.495 e. The Morgan fingerprint density at radius 3 is 2.88 bits per heavy atom. The Hall–Kier alpha value is -3.02. The molecular weight excluding hydrogens is 318 g/mol. The van der Waals surface area contributed by atoms with Crippen LogP contribution < -0.4 is 20.3 Å². The topological polar surface area (TPSA) is 70.7 Å². The number of anilines is 3. The van der Waals surface area contributed by atoms with Crippen LogP contribution in [0.4, 0.5) is 17.1 Å². The molecular formula is C19H19N3O3. The Kier molecular flexibility index (Phi) is 3.80. The van der Waals surface area contributed by atoms with Crippen LogP contribution >= 0.6 is 0 Å². The maximum absolute atomic E-state index is 12.8. The smallest absolute Gasteiger partial charge is 0.249 e. The second kappa shape index (κ2) is 6.12. The highest BCUT2D eigenvalue weighted by atomic mass is 16.5. The molecule has 1 atom stereocenters. The van der Waals surface area contributed by atoms with E-state index in [1.807, 2.05) is 42.5 Å². The van der Waals surface area contributed by atoms with Crippen LogP contribution in [0, 0.1) is 0 Å². The monoisotopic (exact) mass is 337 g/mol. The molecule has 0 aliphatic carbocycles. The normalized spacial score (nSPS) is 18.9. The highest BCUT2D eigenvalue weighted by Crippen LogP contribution is 2.32. The van der Waals surface area contributed by atoms with E-state index in [9.17, 15) is 9.59 Å². The standard InChI is InChI=1S/C19H19N3O3/c1-25-17-5-3-2-4-16(17)22-9-8-15(19(22)24)20-13-6-7-14-12(10-13)11-18(23)21-14/h2-7,10,15,20H,8-9,11H2,1H3,(H,21,23). The van der Waals surface area contributed by atoms with E-state index in [0.717, 1.165) is 22.6 Å². The van der Waals surface area contributed by atoms with E-state index < -0.39 is 0 Å². The number of amides is 2. The van der Waals surface area contributed by atoms with Crippen molar-refractivity contribution in [3.63, 3.8) is 0 Å². The quantitative estimate of drug-likeness (QED) is 0.899. The molecule has 6 heteroatoms. The molecule has 2 aliphatic heterocycles. The van der Waals surface area contributed by atoms with Gasteiger partial charge in [-0.05, 0) is 42.3 Å². The average molecular weight is 337 g/mol. The van der Waals surface area contributed by atoms with Crippen molar-refractivity contribution in [2.24, 2.45) is 0 Å². The van der Waals surface area contributed by atoms with E-state index in [-0.39, 0.29) is 17.9 Å². The van der Waals surface area contributed by atoms with Gasteiger partial charge in [0.05, 0.1) is 19.2 Å². The highest BCUT2D eigenvalue weighted by Gasteiger charge is 2.34. The van der Waals surface area contributed by atoms with Crippen molar-refractivity contribution in [3.05, 3.63) is 48.0 Å². The number of rotatable bonds is 4. The van der Waals surface area contributed by atoms with Crippen molar-refractivity contribution in [1.82, 2.24) is 0 Å². The molecule has 2 N–H and O–H groups in total. The van der Waals surface area contributed by atoms with Gasteiger partial charge in [0.15, 0.2) is 0 Å². The summed E-state index contributed by atoms with van der Waals surface area (Å²) in [5.74, 6) is 0.726. The molecule has 2 aromatic carbocycles. The van der Waals surface area contributed by atoms with Crippen molar-refractivity contribution in [2.75, 3.05) is 29.2 Å². The number of hydrogen-bond donors (Lipinski definition) is 2. The maximum Gasteiger partial charge on any atom is 0.249 e. The zero-order valence-corrected chi connectivity index (χ0v) is 13.9. The minimum absolute atomic E-state index is 0.00596. The molecule has 0 radical (unpaired) electrons. The lowest BCUT2D eigenvalue weighted by Crippen LogP contribution is -2.33. The number of carbonyl (C=O) groups is 2. The van der Waals surface area contributed by atoms with Crippen LogP contribution in [0.1, 0.15) is 12.0 Å². The summed E-state index contributed by atoms with van der Waals surface area (Å²) in [5.41, 5.74) is 3.46. The first-order valence-corrected chi connectivity index (χ1v) is 8.29. The number of carbonyl (C=O) groups excluding carboxylic acids is 2. The Bertz CT molecular complexity index is 850. The van der Waals surface area contributed by atoms with Crippen LogP contribution in [0.15, 0.2) is 42.5 Å². The fourth-order valence-electron chi connectivity index (χ4n) is 3.43. The van der Waals surface area contributed by atoms with Crippen molar-refractivity contribution >= 4 is 28.9 Å². The number of ether oxygens (including phenoxy) is 1. The molecule has 0 saturated carbocycles. The minimum atomic E-state index is -0.284. The molecule has 2 heterocycles. The molecule has 2 amide bonds. The van der Waals surface area contributed by atoms with Crippen LogP contribution in [0.3, 0.4) is 0 Å². The number of nitrogens with zero attached hydrogens (tertiary/aromatic N) is 1. The second-order valence-electron chi connectivity index (χ2n) is 6.24. The number of benzene rings is 2. The van der Waals surface area contributed by atoms with Crippen molar-refractivity contribution < 1.29 is 14.3 Å². The summed E-state index contributed by atoms with van der Waals surface area (Å²) >= 11 is 0. The number of hydrogen-bond acceptors (Lipinski definition) is 4. The van der Waals surface area contributed by atoms with Gasteiger partial charge in [0, 0.05) is 17.9 Å². The first-order valence-electron chi connectivity index (χ1n) is 8.29. The van der Waals surface area contributed by atoms with Gasteiger partial charge in [0.25, 0.3) is 0 Å². The second-order valence-corrected chi connectivity index (χ2v) is 6.24. The summed E-state index contributed by atoms with van der Waals surface area (Å²) in [6.07, 6.45) is 1.10. The lowest BCUT2D eigenvalue weighted by Gasteiger charge is -2.20. The molecule has 6 nitrogen and oxygen atoms in total. The number of methoxy groups -OCH3 is 1. The van der Waals surface area contributed by atoms with Gasteiger partial charge in [-0.15, -0.1) is 0 Å². The molecule has 2 aliphatic rings. The van der Waals surface area contributed by atoms with Gasteiger partial charge in [0.1, 0.15) is 11.8 Å². The van der Waals surface area contributed by atoms with Crippen LogP contribution in [0.2, 0.25) is 0 Å². The summed E-state index contributed by atoms with van der Waals surface area (Å²) in [6.45, 7) is 0.641. The summed E-state index contributed by atoms with van der Waals surface area (Å²) in [7, 11) is 1.61. The molecule has 1 fully saturated rings. The fourth-order valence-corrected chi connectivity index (χ4v) is 3.43. The first-order chi connectivity index (χ1) is 12.2. The highest BCUT2D eigenvalue weighted by molar-refractivity contribution is 6.02. The molecule has 1 unspecified atom stereocenters. The van der Waals surface area contributed by atoms with Gasteiger partial charge in [0.2, 0.25) is 11.8 Å². The average Bonchev–Trinajstić information content (AvgIpc) is 3.16. The molecule has 4 rings (SSSR count). The summed E-state index contributed by atoms with van der Waals surface area (Å²) in [5, 5.41) is 6.11. The van der Waals surface area contributed by atoms with E-state index in [0.29, 0.717) is 25.1 Å². The zero-order chi connectivity index (χ0) is 17.4. The van der Waals surface area contributed by atoms with E-state index >= 15 is 0 Å². The molecule has 25 heavy (non-hydrogen) atoms. The first kappa shape index (κ1) is 15.5. The van der Waals surface area contributed by atoms with Crippen molar-refractivity contribution in [3.8, 4) is 5.75 Å². The lowest BCUT2D eigenvalue weighted by molar-refractivity contribution is -0.117. The predicted molar refractivity (Wildman–Crippen MR) is 96.2 cm³/mol. The lowest BCUT2D eigenvalue weighted by atomic mass is 10.1. The van der Waals surface area contributed by atoms with Gasteiger partial charge < -0.3 is 20.3 Å². The van der Waals surface area contributed by atoms with Crippen LogP contribution in [-0.2, 0) is 16.0 Å². The third kappa shape index (κ3) is 2.80. The SMILES string of the molecule is COc1ccccc1N1CCC(Nc2ccc3c(c2)CC(=O)N3)C1=O. The summed E-state index contributed by atoms with van der Waals surface area (Å²) < 4.78 is 5.37. The van der Waals surface area contributed by atoms with Crippen LogP contribution in [0.25, 0.3) is 0 Å². The molecule has 0 aromatic heterocycles. The Morgan fingerprint density at radius 2 is 2.04 bits per heavy atom. The molecule has 0 bridgehead atoms. The van der Waals surface area contributed by atoms with Gasteiger partial charge in [-0.2, -0.15) is 0 Å². The van der Waals surface area contributed by atoms with Crippen LogP contribution in [0.5, 0.6) is 5.75 Å². The Labute approximate surface area is 145 Å².